The van der Waals surface area contributed by atoms with Crippen molar-refractivity contribution in [3.63, 3.8) is 0 Å². The zero-order chi connectivity index (χ0) is 15.8. The molecule has 23 heavy (non-hydrogen) atoms. The minimum Gasteiger partial charge on any atom is -0.493 e. The van der Waals surface area contributed by atoms with Crippen molar-refractivity contribution in [3.8, 4) is 11.5 Å². The molecule has 118 valence electrons. The molecule has 1 unspecified atom stereocenters. The molecule has 1 atom stereocenters. The standard InChI is InChI=1S/C17H16N2O3S/c1-20-13-8-12-15(9-14(13)21-2)23-10-19-16(18-22-17(12)19)11-6-4-3-5-7-11/h3-9,17H,10H2,1-2H3. The number of methoxy groups -OCH3 is 2. The zero-order valence-corrected chi connectivity index (χ0v) is 13.7. The highest BCUT2D eigenvalue weighted by molar-refractivity contribution is 7.99. The van der Waals surface area contributed by atoms with Crippen molar-refractivity contribution in [1.82, 2.24) is 4.90 Å². The first kappa shape index (κ1) is 14.3. The molecule has 0 bridgehead atoms. The number of oxime groups is 1. The van der Waals surface area contributed by atoms with Crippen molar-refractivity contribution >= 4 is 17.6 Å². The van der Waals surface area contributed by atoms with Gasteiger partial charge in [-0.05, 0) is 12.1 Å². The molecule has 5 nitrogen and oxygen atoms in total. The first-order valence-electron chi connectivity index (χ1n) is 7.26. The maximum atomic E-state index is 5.73. The van der Waals surface area contributed by atoms with Gasteiger partial charge in [-0.3, -0.25) is 0 Å². The summed E-state index contributed by atoms with van der Waals surface area (Å²) in [5.74, 6) is 3.07. The molecule has 0 fully saturated rings. The number of ether oxygens (including phenoxy) is 2. The molecule has 2 aliphatic rings. The Kier molecular flexibility index (Phi) is 3.53. The molecule has 6 heteroatoms. The lowest BCUT2D eigenvalue weighted by Crippen LogP contribution is -2.33. The Morgan fingerprint density at radius 2 is 1.87 bits per heavy atom. The molecule has 0 spiro atoms. The Labute approximate surface area is 138 Å². The summed E-state index contributed by atoms with van der Waals surface area (Å²) in [6, 6.07) is 14.1. The van der Waals surface area contributed by atoms with Crippen LogP contribution >= 0.6 is 11.8 Å². The number of fused-ring (bicyclic) bond motifs is 3. The van der Waals surface area contributed by atoms with Gasteiger partial charge in [0, 0.05) is 16.0 Å². The summed E-state index contributed by atoms with van der Waals surface area (Å²) in [7, 11) is 3.28. The van der Waals surface area contributed by atoms with Crippen molar-refractivity contribution in [3.05, 3.63) is 53.6 Å². The summed E-state index contributed by atoms with van der Waals surface area (Å²) >= 11 is 1.74. The smallest absolute Gasteiger partial charge is 0.229 e. The molecular formula is C17H16N2O3S. The average Bonchev–Trinajstić information content (AvgIpc) is 3.05. The van der Waals surface area contributed by atoms with Crippen LogP contribution in [0.3, 0.4) is 0 Å². The third-order valence-electron chi connectivity index (χ3n) is 3.97. The van der Waals surface area contributed by atoms with Crippen LogP contribution in [0.1, 0.15) is 17.4 Å². The monoisotopic (exact) mass is 328 g/mol. The number of thioether (sulfide) groups is 1. The predicted octanol–water partition coefficient (Wildman–Crippen LogP) is 3.46. The number of hydrogen-bond donors (Lipinski definition) is 0. The SMILES string of the molecule is COc1cc2c(cc1OC)C1ON=C(c3ccccc3)N1CS2. The van der Waals surface area contributed by atoms with Crippen molar-refractivity contribution in [1.29, 1.82) is 0 Å². The fourth-order valence-corrected chi connectivity index (χ4v) is 3.87. The van der Waals surface area contributed by atoms with Crippen LogP contribution in [0.5, 0.6) is 11.5 Å². The number of rotatable bonds is 3. The second-order valence-corrected chi connectivity index (χ2v) is 6.21. The molecule has 0 N–H and O–H groups in total. The van der Waals surface area contributed by atoms with E-state index in [1.165, 1.54) is 0 Å². The number of amidine groups is 1. The minimum atomic E-state index is -0.221. The molecule has 0 saturated heterocycles. The second-order valence-electron chi connectivity index (χ2n) is 5.23. The molecular weight excluding hydrogens is 312 g/mol. The van der Waals surface area contributed by atoms with Gasteiger partial charge in [-0.15, -0.1) is 11.8 Å². The van der Waals surface area contributed by atoms with E-state index in [4.69, 9.17) is 14.3 Å². The summed E-state index contributed by atoms with van der Waals surface area (Å²) in [5, 5.41) is 4.30. The van der Waals surface area contributed by atoms with Gasteiger partial charge < -0.3 is 19.2 Å². The highest BCUT2D eigenvalue weighted by Crippen LogP contribution is 2.46. The van der Waals surface area contributed by atoms with Gasteiger partial charge in [0.15, 0.2) is 17.3 Å². The third-order valence-corrected chi connectivity index (χ3v) is 5.04. The Hall–Kier alpha value is -2.34. The lowest BCUT2D eigenvalue weighted by atomic mass is 10.1. The fraction of sp³-hybridized carbons (Fsp3) is 0.235. The van der Waals surface area contributed by atoms with E-state index in [0.717, 1.165) is 33.5 Å². The molecule has 2 heterocycles. The topological polar surface area (TPSA) is 43.3 Å². The molecule has 0 saturated carbocycles. The highest BCUT2D eigenvalue weighted by atomic mass is 32.2. The van der Waals surface area contributed by atoms with Crippen LogP contribution in [-0.4, -0.2) is 30.8 Å². The van der Waals surface area contributed by atoms with Crippen molar-refractivity contribution in [2.75, 3.05) is 20.1 Å². The first-order valence-corrected chi connectivity index (χ1v) is 8.25. The van der Waals surface area contributed by atoms with Crippen molar-refractivity contribution < 1.29 is 14.3 Å². The van der Waals surface area contributed by atoms with Gasteiger partial charge >= 0.3 is 0 Å². The van der Waals surface area contributed by atoms with E-state index in [1.54, 1.807) is 26.0 Å². The summed E-state index contributed by atoms with van der Waals surface area (Å²) in [6.07, 6.45) is -0.221. The van der Waals surface area contributed by atoms with Crippen LogP contribution in [0.15, 0.2) is 52.5 Å². The van der Waals surface area contributed by atoms with Gasteiger partial charge in [-0.25, -0.2) is 0 Å². The summed E-state index contributed by atoms with van der Waals surface area (Å²) in [4.78, 5) is 9.02. The van der Waals surface area contributed by atoms with E-state index in [9.17, 15) is 0 Å². The van der Waals surface area contributed by atoms with Gasteiger partial charge in [0.1, 0.15) is 0 Å². The van der Waals surface area contributed by atoms with Gasteiger partial charge in [0.05, 0.1) is 20.1 Å². The number of hydrogen-bond acceptors (Lipinski definition) is 6. The molecule has 0 aliphatic carbocycles. The Morgan fingerprint density at radius 1 is 1.13 bits per heavy atom. The van der Waals surface area contributed by atoms with Crippen LogP contribution in [0.4, 0.5) is 0 Å². The molecule has 2 aromatic rings. The normalized spacial score (nSPS) is 18.6. The van der Waals surface area contributed by atoms with E-state index in [1.807, 2.05) is 42.5 Å². The van der Waals surface area contributed by atoms with Crippen LogP contribution < -0.4 is 9.47 Å². The van der Waals surface area contributed by atoms with E-state index in [2.05, 4.69) is 10.1 Å². The van der Waals surface area contributed by atoms with Gasteiger partial charge in [-0.1, -0.05) is 35.5 Å². The lowest BCUT2D eigenvalue weighted by molar-refractivity contribution is 0.0124. The summed E-state index contributed by atoms with van der Waals surface area (Å²) in [5.41, 5.74) is 2.10. The van der Waals surface area contributed by atoms with Crippen LogP contribution in [0.25, 0.3) is 0 Å². The summed E-state index contributed by atoms with van der Waals surface area (Å²) in [6.45, 7) is 0. The maximum Gasteiger partial charge on any atom is 0.229 e. The quantitative estimate of drug-likeness (QED) is 0.863. The average molecular weight is 328 g/mol. The first-order chi connectivity index (χ1) is 11.3. The van der Waals surface area contributed by atoms with Gasteiger partial charge in [0.25, 0.3) is 0 Å². The number of nitrogens with zero attached hydrogens (tertiary/aromatic N) is 2. The van der Waals surface area contributed by atoms with Crippen LogP contribution in [-0.2, 0) is 4.84 Å². The fourth-order valence-electron chi connectivity index (χ4n) is 2.81. The van der Waals surface area contributed by atoms with Crippen LogP contribution in [0, 0.1) is 0 Å². The molecule has 4 rings (SSSR count). The van der Waals surface area contributed by atoms with E-state index >= 15 is 0 Å². The van der Waals surface area contributed by atoms with Crippen molar-refractivity contribution in [2.45, 2.75) is 11.1 Å². The highest BCUT2D eigenvalue weighted by Gasteiger charge is 2.38. The van der Waals surface area contributed by atoms with E-state index in [0.29, 0.717) is 5.75 Å². The Morgan fingerprint density at radius 3 is 2.61 bits per heavy atom. The third kappa shape index (κ3) is 2.30. The Bertz CT molecular complexity index is 764. The van der Waals surface area contributed by atoms with Gasteiger partial charge in [0.2, 0.25) is 6.23 Å². The largest absolute Gasteiger partial charge is 0.493 e. The molecule has 2 aromatic carbocycles. The molecule has 0 aromatic heterocycles. The minimum absolute atomic E-state index is 0.221. The molecule has 0 radical (unpaired) electrons. The predicted molar refractivity (Wildman–Crippen MR) is 88.9 cm³/mol. The summed E-state index contributed by atoms with van der Waals surface area (Å²) < 4.78 is 10.8. The maximum absolute atomic E-state index is 5.73. The van der Waals surface area contributed by atoms with Crippen LogP contribution in [0.2, 0.25) is 0 Å². The molecule has 2 aliphatic heterocycles. The molecule has 0 amide bonds. The van der Waals surface area contributed by atoms with E-state index in [-0.39, 0.29) is 6.23 Å². The van der Waals surface area contributed by atoms with Crippen molar-refractivity contribution in [2.24, 2.45) is 5.16 Å². The lowest BCUT2D eigenvalue weighted by Gasteiger charge is -2.31. The Balaban J connectivity index is 1.71. The zero-order valence-electron chi connectivity index (χ0n) is 12.9. The second kappa shape index (κ2) is 5.70. The van der Waals surface area contributed by atoms with Gasteiger partial charge in [-0.2, -0.15) is 0 Å². The van der Waals surface area contributed by atoms with E-state index < -0.39 is 0 Å². The number of benzene rings is 2.